The van der Waals surface area contributed by atoms with Crippen LogP contribution in [0.1, 0.15) is 16.7 Å². The highest BCUT2D eigenvalue weighted by molar-refractivity contribution is 5.99. The van der Waals surface area contributed by atoms with E-state index in [9.17, 15) is 4.39 Å². The minimum absolute atomic E-state index is 0.260. The molecule has 0 aliphatic carbocycles. The molecule has 7 nitrogen and oxygen atoms in total. The minimum atomic E-state index is -0.260. The molecule has 0 fully saturated rings. The van der Waals surface area contributed by atoms with Gasteiger partial charge in [0.15, 0.2) is 5.65 Å². The van der Waals surface area contributed by atoms with Gasteiger partial charge < -0.3 is 10.3 Å². The summed E-state index contributed by atoms with van der Waals surface area (Å²) in [6.45, 7) is 3.38. The van der Waals surface area contributed by atoms with Gasteiger partial charge in [0.2, 0.25) is 0 Å². The van der Waals surface area contributed by atoms with Crippen molar-refractivity contribution in [2.24, 2.45) is 0 Å². The average Bonchev–Trinajstić information content (AvgIpc) is 3.61. The lowest BCUT2D eigenvalue weighted by Crippen LogP contribution is -2.12. The summed E-state index contributed by atoms with van der Waals surface area (Å²) in [7, 11) is 0. The first-order chi connectivity index (χ1) is 20.1. The van der Waals surface area contributed by atoms with E-state index in [-0.39, 0.29) is 5.82 Å². The van der Waals surface area contributed by atoms with Crippen LogP contribution in [-0.4, -0.2) is 30.1 Å². The molecule has 5 heterocycles. The number of rotatable bonds is 7. The number of nitrogens with one attached hydrogen (secondary N) is 3. The van der Waals surface area contributed by atoms with Crippen LogP contribution in [0.2, 0.25) is 0 Å². The first-order valence-corrected chi connectivity index (χ1v) is 13.4. The number of aryl methyl sites for hydroxylation is 1. The number of hydrogen-bond donors (Lipinski definition) is 3. The van der Waals surface area contributed by atoms with Crippen molar-refractivity contribution in [1.29, 1.82) is 0 Å². The van der Waals surface area contributed by atoms with Gasteiger partial charge in [0.25, 0.3) is 0 Å². The summed E-state index contributed by atoms with van der Waals surface area (Å²) in [5, 5.41) is 12.9. The van der Waals surface area contributed by atoms with Gasteiger partial charge in [-0.3, -0.25) is 10.1 Å². The SMILES string of the molecule is Cc1cc(F)cc(-c2ccnc3[nH]c(-c4[nH]nc5ncc(-c6cncc(CNCc7ccccc7)c6)cc45)cc23)c1. The van der Waals surface area contributed by atoms with E-state index in [0.29, 0.717) is 17.8 Å². The van der Waals surface area contributed by atoms with Crippen molar-refractivity contribution in [2.45, 2.75) is 20.0 Å². The molecule has 0 unspecified atom stereocenters. The van der Waals surface area contributed by atoms with E-state index in [1.54, 1.807) is 12.3 Å². The van der Waals surface area contributed by atoms with Crippen molar-refractivity contribution in [3.8, 4) is 33.6 Å². The number of aromatic nitrogens is 6. The molecule has 7 rings (SSSR count). The van der Waals surface area contributed by atoms with Gasteiger partial charge in [-0.25, -0.2) is 14.4 Å². The molecule has 0 radical (unpaired) electrons. The zero-order valence-electron chi connectivity index (χ0n) is 22.3. The maximum atomic E-state index is 14.2. The fourth-order valence-electron chi connectivity index (χ4n) is 5.26. The fraction of sp³-hybridized carbons (Fsp3) is 0.0909. The van der Waals surface area contributed by atoms with Gasteiger partial charge in [-0.05, 0) is 71.1 Å². The van der Waals surface area contributed by atoms with Gasteiger partial charge in [0.1, 0.15) is 11.5 Å². The van der Waals surface area contributed by atoms with E-state index in [4.69, 9.17) is 0 Å². The monoisotopic (exact) mass is 539 g/mol. The van der Waals surface area contributed by atoms with Crippen molar-refractivity contribution in [2.75, 3.05) is 0 Å². The van der Waals surface area contributed by atoms with Crippen LogP contribution >= 0.6 is 0 Å². The van der Waals surface area contributed by atoms with E-state index in [1.807, 2.05) is 61.9 Å². The first-order valence-electron chi connectivity index (χ1n) is 13.4. The molecule has 5 aromatic heterocycles. The van der Waals surface area contributed by atoms with E-state index >= 15 is 0 Å². The summed E-state index contributed by atoms with van der Waals surface area (Å²) in [5.74, 6) is -0.260. The largest absolute Gasteiger partial charge is 0.338 e. The molecule has 8 heteroatoms. The molecule has 0 aliphatic heterocycles. The van der Waals surface area contributed by atoms with Gasteiger partial charge in [0.05, 0.1) is 11.4 Å². The molecule has 0 bridgehead atoms. The van der Waals surface area contributed by atoms with Crippen LogP contribution in [0.5, 0.6) is 0 Å². The van der Waals surface area contributed by atoms with Gasteiger partial charge in [-0.2, -0.15) is 5.10 Å². The smallest absolute Gasteiger partial charge is 0.181 e. The Hall–Kier alpha value is -5.21. The van der Waals surface area contributed by atoms with Gasteiger partial charge in [0, 0.05) is 59.8 Å². The molecule has 7 aromatic rings. The molecule has 0 amide bonds. The number of fused-ring (bicyclic) bond motifs is 2. The fourth-order valence-corrected chi connectivity index (χ4v) is 5.26. The molecule has 0 saturated heterocycles. The Labute approximate surface area is 235 Å². The average molecular weight is 540 g/mol. The van der Waals surface area contributed by atoms with Crippen LogP contribution in [0.3, 0.4) is 0 Å². The summed E-state index contributed by atoms with van der Waals surface area (Å²) in [6.07, 6.45) is 7.29. The van der Waals surface area contributed by atoms with Gasteiger partial charge in [-0.15, -0.1) is 0 Å². The predicted molar refractivity (Wildman–Crippen MR) is 159 cm³/mol. The first kappa shape index (κ1) is 24.8. The third-order valence-electron chi connectivity index (χ3n) is 7.19. The van der Waals surface area contributed by atoms with Gasteiger partial charge in [-0.1, -0.05) is 36.4 Å². The van der Waals surface area contributed by atoms with Crippen LogP contribution < -0.4 is 5.32 Å². The number of aromatic amines is 2. The van der Waals surface area contributed by atoms with Crippen LogP contribution in [0, 0.1) is 12.7 Å². The summed E-state index contributed by atoms with van der Waals surface area (Å²) in [4.78, 5) is 17.0. The van der Waals surface area contributed by atoms with E-state index in [0.717, 1.165) is 62.1 Å². The van der Waals surface area contributed by atoms with Crippen LogP contribution in [0.15, 0.2) is 97.6 Å². The minimum Gasteiger partial charge on any atom is -0.338 e. The Kier molecular flexibility index (Phi) is 6.29. The number of H-pyrrole nitrogens is 2. The summed E-state index contributed by atoms with van der Waals surface area (Å²) in [6, 6.07) is 23.5. The lowest BCUT2D eigenvalue weighted by molar-refractivity contribution is 0.627. The van der Waals surface area contributed by atoms with Crippen molar-refractivity contribution < 1.29 is 4.39 Å². The van der Waals surface area contributed by atoms with Crippen molar-refractivity contribution in [1.82, 2.24) is 35.5 Å². The maximum Gasteiger partial charge on any atom is 0.181 e. The number of halogens is 1. The second-order valence-electron chi connectivity index (χ2n) is 10.2. The van der Waals surface area contributed by atoms with Crippen LogP contribution in [0.25, 0.3) is 55.7 Å². The Morgan fingerprint density at radius 1 is 0.780 bits per heavy atom. The molecule has 41 heavy (non-hydrogen) atoms. The number of benzene rings is 2. The van der Waals surface area contributed by atoms with E-state index in [1.165, 1.54) is 11.6 Å². The molecule has 0 aliphatic rings. The Morgan fingerprint density at radius 3 is 2.51 bits per heavy atom. The summed E-state index contributed by atoms with van der Waals surface area (Å²) < 4.78 is 14.2. The van der Waals surface area contributed by atoms with Crippen LogP contribution in [-0.2, 0) is 13.1 Å². The molecular weight excluding hydrogens is 513 g/mol. The van der Waals surface area contributed by atoms with E-state index < -0.39 is 0 Å². The molecular formula is C33H26FN7. The molecule has 0 saturated carbocycles. The zero-order chi connectivity index (χ0) is 27.8. The third kappa shape index (κ3) is 4.97. The zero-order valence-corrected chi connectivity index (χ0v) is 22.3. The molecule has 0 atom stereocenters. The standard InChI is InChI=1S/C33H26FN7/c1-20-9-23(12-26(34)10-20)27-7-8-37-32-28(27)14-30(39-32)31-29-13-25(19-38-33(29)41-40-31)24-11-22(17-36-18-24)16-35-15-21-5-3-2-4-6-21/h2-14,17-19,35H,15-16H2,1H3,(H,37,39)(H,38,40,41). The lowest BCUT2D eigenvalue weighted by atomic mass is 10.0. The van der Waals surface area contributed by atoms with Crippen molar-refractivity contribution in [3.05, 3.63) is 120 Å². The van der Waals surface area contributed by atoms with E-state index in [2.05, 4.69) is 59.7 Å². The predicted octanol–water partition coefficient (Wildman–Crippen LogP) is 6.97. The normalized spacial score (nSPS) is 11.5. The van der Waals surface area contributed by atoms with Crippen LogP contribution in [0.4, 0.5) is 4.39 Å². The number of pyridine rings is 3. The second kappa shape index (κ2) is 10.4. The highest BCUT2D eigenvalue weighted by Crippen LogP contribution is 2.34. The third-order valence-corrected chi connectivity index (χ3v) is 7.19. The Bertz CT molecular complexity index is 1990. The molecule has 200 valence electrons. The summed E-state index contributed by atoms with van der Waals surface area (Å²) in [5.41, 5.74) is 9.80. The van der Waals surface area contributed by atoms with Crippen molar-refractivity contribution in [3.63, 3.8) is 0 Å². The molecule has 3 N–H and O–H groups in total. The Morgan fingerprint density at radius 2 is 1.63 bits per heavy atom. The molecule has 0 spiro atoms. The highest BCUT2D eigenvalue weighted by Gasteiger charge is 2.16. The number of nitrogens with zero attached hydrogens (tertiary/aromatic N) is 4. The Balaban J connectivity index is 1.21. The second-order valence-corrected chi connectivity index (χ2v) is 10.2. The van der Waals surface area contributed by atoms with Gasteiger partial charge >= 0.3 is 0 Å². The summed E-state index contributed by atoms with van der Waals surface area (Å²) >= 11 is 0. The van der Waals surface area contributed by atoms with Crippen molar-refractivity contribution >= 4 is 22.1 Å². The quantitative estimate of drug-likeness (QED) is 0.203. The maximum absolute atomic E-state index is 14.2. The number of hydrogen-bond acceptors (Lipinski definition) is 5. The highest BCUT2D eigenvalue weighted by atomic mass is 19.1. The topological polar surface area (TPSA) is 95.2 Å². The molecule has 2 aromatic carbocycles. The lowest BCUT2D eigenvalue weighted by Gasteiger charge is -2.07.